The van der Waals surface area contributed by atoms with Crippen molar-refractivity contribution in [3.63, 3.8) is 0 Å². The number of aromatic nitrogens is 1. The van der Waals surface area contributed by atoms with Crippen molar-refractivity contribution in [2.24, 2.45) is 5.73 Å². The van der Waals surface area contributed by atoms with E-state index >= 15 is 0 Å². The molecule has 1 aromatic heterocycles. The maximum absolute atomic E-state index is 12.6. The molecule has 0 bridgehead atoms. The van der Waals surface area contributed by atoms with Gasteiger partial charge in [-0.15, -0.1) is 0 Å². The highest BCUT2D eigenvalue weighted by atomic mass is 16.5. The molecule has 4 heteroatoms. The molecular weight excluding hydrogens is 264 g/mol. The molecule has 0 radical (unpaired) electrons. The minimum Gasteiger partial charge on any atom is -0.497 e. The fourth-order valence-corrected chi connectivity index (χ4v) is 2.40. The lowest BCUT2D eigenvalue weighted by Gasteiger charge is -2.21. The lowest BCUT2D eigenvalue weighted by molar-refractivity contribution is 0.415. The molecule has 2 N–H and O–H groups in total. The predicted octanol–water partition coefficient (Wildman–Crippen LogP) is 2.74. The van der Waals surface area contributed by atoms with E-state index in [1.807, 2.05) is 57.2 Å². The largest absolute Gasteiger partial charge is 0.497 e. The van der Waals surface area contributed by atoms with Gasteiger partial charge in [-0.05, 0) is 62.7 Å². The van der Waals surface area contributed by atoms with Crippen LogP contribution in [-0.4, -0.2) is 11.7 Å². The van der Waals surface area contributed by atoms with Crippen molar-refractivity contribution in [1.29, 1.82) is 0 Å². The Bertz CT molecular complexity index is 679. The molecule has 0 amide bonds. The highest BCUT2D eigenvalue weighted by molar-refractivity contribution is 5.61. The smallest absolute Gasteiger partial charge is 0.256 e. The summed E-state index contributed by atoms with van der Waals surface area (Å²) >= 11 is 0. The van der Waals surface area contributed by atoms with Gasteiger partial charge in [0.05, 0.1) is 12.8 Å². The van der Waals surface area contributed by atoms with Gasteiger partial charge in [-0.25, -0.2) is 0 Å². The van der Waals surface area contributed by atoms with Gasteiger partial charge in [-0.1, -0.05) is 0 Å². The Morgan fingerprint density at radius 1 is 1.14 bits per heavy atom. The zero-order chi connectivity index (χ0) is 15.6. The maximum atomic E-state index is 12.6. The SMILES string of the molecule is CCn1c(-c2ccc(OC)cc2)ccc(C(C)(C)N)c1=O. The molecule has 0 atom stereocenters. The second-order valence-corrected chi connectivity index (χ2v) is 5.63. The monoisotopic (exact) mass is 286 g/mol. The Hall–Kier alpha value is -2.07. The van der Waals surface area contributed by atoms with Crippen molar-refractivity contribution >= 4 is 0 Å². The molecule has 1 heterocycles. The lowest BCUT2D eigenvalue weighted by atomic mass is 9.96. The topological polar surface area (TPSA) is 57.2 Å². The Morgan fingerprint density at radius 3 is 2.24 bits per heavy atom. The zero-order valence-corrected chi connectivity index (χ0v) is 13.0. The van der Waals surface area contributed by atoms with E-state index < -0.39 is 5.54 Å². The molecule has 0 spiro atoms. The third kappa shape index (κ3) is 3.00. The molecule has 0 saturated heterocycles. The first-order chi connectivity index (χ1) is 9.88. The quantitative estimate of drug-likeness (QED) is 0.940. The van der Waals surface area contributed by atoms with E-state index in [1.165, 1.54) is 0 Å². The van der Waals surface area contributed by atoms with E-state index in [1.54, 1.807) is 11.7 Å². The number of hydrogen-bond donors (Lipinski definition) is 1. The molecule has 0 aliphatic heterocycles. The Morgan fingerprint density at radius 2 is 1.76 bits per heavy atom. The van der Waals surface area contributed by atoms with E-state index in [4.69, 9.17) is 10.5 Å². The Balaban J connectivity index is 2.59. The first kappa shape index (κ1) is 15.3. The maximum Gasteiger partial charge on any atom is 0.256 e. The lowest BCUT2D eigenvalue weighted by Crippen LogP contribution is -2.38. The summed E-state index contributed by atoms with van der Waals surface area (Å²) in [5.74, 6) is 0.795. The van der Waals surface area contributed by atoms with Crippen LogP contribution in [0.1, 0.15) is 26.3 Å². The summed E-state index contributed by atoms with van der Waals surface area (Å²) < 4.78 is 6.92. The zero-order valence-electron chi connectivity index (χ0n) is 13.0. The van der Waals surface area contributed by atoms with E-state index in [-0.39, 0.29) is 5.56 Å². The minimum atomic E-state index is -0.646. The van der Waals surface area contributed by atoms with Crippen LogP contribution in [0.5, 0.6) is 5.75 Å². The molecule has 112 valence electrons. The molecule has 0 fully saturated rings. The van der Waals surface area contributed by atoms with Gasteiger partial charge in [-0.3, -0.25) is 4.79 Å². The highest BCUT2D eigenvalue weighted by Gasteiger charge is 2.20. The number of nitrogens with zero attached hydrogens (tertiary/aromatic N) is 1. The van der Waals surface area contributed by atoms with Crippen molar-refractivity contribution in [1.82, 2.24) is 4.57 Å². The normalized spacial score (nSPS) is 11.5. The number of methoxy groups -OCH3 is 1. The van der Waals surface area contributed by atoms with Crippen LogP contribution in [-0.2, 0) is 12.1 Å². The number of nitrogens with two attached hydrogens (primary N) is 1. The number of rotatable bonds is 4. The van der Waals surface area contributed by atoms with Gasteiger partial charge in [0, 0.05) is 17.6 Å². The predicted molar refractivity (Wildman–Crippen MR) is 85.6 cm³/mol. The van der Waals surface area contributed by atoms with Crippen LogP contribution in [0.4, 0.5) is 0 Å². The van der Waals surface area contributed by atoms with Gasteiger partial charge in [-0.2, -0.15) is 0 Å². The van der Waals surface area contributed by atoms with Crippen molar-refractivity contribution in [2.75, 3.05) is 7.11 Å². The molecule has 0 saturated carbocycles. The summed E-state index contributed by atoms with van der Waals surface area (Å²) in [4.78, 5) is 12.6. The molecule has 2 rings (SSSR count). The molecule has 2 aromatic rings. The molecular formula is C17H22N2O2. The summed E-state index contributed by atoms with van der Waals surface area (Å²) in [7, 11) is 1.63. The molecule has 0 aliphatic rings. The highest BCUT2D eigenvalue weighted by Crippen LogP contribution is 2.23. The molecule has 0 unspecified atom stereocenters. The third-order valence-electron chi connectivity index (χ3n) is 3.57. The molecule has 4 nitrogen and oxygen atoms in total. The van der Waals surface area contributed by atoms with Crippen LogP contribution in [0.15, 0.2) is 41.2 Å². The van der Waals surface area contributed by atoms with Gasteiger partial charge in [0.25, 0.3) is 5.56 Å². The summed E-state index contributed by atoms with van der Waals surface area (Å²) in [6, 6.07) is 11.5. The third-order valence-corrected chi connectivity index (χ3v) is 3.57. The van der Waals surface area contributed by atoms with Gasteiger partial charge in [0.1, 0.15) is 5.75 Å². The van der Waals surface area contributed by atoms with Crippen molar-refractivity contribution in [3.8, 4) is 17.0 Å². The Labute approximate surface area is 125 Å². The fourth-order valence-electron chi connectivity index (χ4n) is 2.40. The van der Waals surface area contributed by atoms with E-state index in [2.05, 4.69) is 0 Å². The number of ether oxygens (including phenoxy) is 1. The Kier molecular flexibility index (Phi) is 4.19. The number of hydrogen-bond acceptors (Lipinski definition) is 3. The van der Waals surface area contributed by atoms with Crippen LogP contribution in [0, 0.1) is 0 Å². The van der Waals surface area contributed by atoms with Crippen molar-refractivity contribution < 1.29 is 4.74 Å². The van der Waals surface area contributed by atoms with E-state index in [0.29, 0.717) is 12.1 Å². The fraction of sp³-hybridized carbons (Fsp3) is 0.353. The second kappa shape index (κ2) is 5.74. The van der Waals surface area contributed by atoms with Gasteiger partial charge in [0.2, 0.25) is 0 Å². The van der Waals surface area contributed by atoms with Crippen LogP contribution < -0.4 is 16.0 Å². The van der Waals surface area contributed by atoms with E-state index in [0.717, 1.165) is 17.0 Å². The van der Waals surface area contributed by atoms with Crippen LogP contribution in [0.25, 0.3) is 11.3 Å². The first-order valence-electron chi connectivity index (χ1n) is 7.06. The summed E-state index contributed by atoms with van der Waals surface area (Å²) in [6.45, 7) is 6.25. The molecule has 1 aromatic carbocycles. The van der Waals surface area contributed by atoms with E-state index in [9.17, 15) is 4.79 Å². The summed E-state index contributed by atoms with van der Waals surface area (Å²) in [6.07, 6.45) is 0. The van der Waals surface area contributed by atoms with Crippen molar-refractivity contribution in [2.45, 2.75) is 32.9 Å². The second-order valence-electron chi connectivity index (χ2n) is 5.63. The van der Waals surface area contributed by atoms with Crippen LogP contribution >= 0.6 is 0 Å². The average molecular weight is 286 g/mol. The average Bonchev–Trinajstić information content (AvgIpc) is 2.45. The van der Waals surface area contributed by atoms with Gasteiger partial charge in [0.15, 0.2) is 0 Å². The summed E-state index contributed by atoms with van der Waals surface area (Å²) in [5, 5.41) is 0. The number of pyridine rings is 1. The van der Waals surface area contributed by atoms with Gasteiger partial charge >= 0.3 is 0 Å². The summed E-state index contributed by atoms with van der Waals surface area (Å²) in [5.41, 5.74) is 7.90. The standard InChI is InChI=1S/C17H22N2O2/c1-5-19-15(12-6-8-13(21-4)9-7-12)11-10-14(16(19)20)17(2,3)18/h6-11H,5,18H2,1-4H3. The first-order valence-corrected chi connectivity index (χ1v) is 7.06. The minimum absolute atomic E-state index is 0.0293. The van der Waals surface area contributed by atoms with Crippen molar-refractivity contribution in [3.05, 3.63) is 52.3 Å². The number of benzene rings is 1. The molecule has 0 aliphatic carbocycles. The van der Waals surface area contributed by atoms with Crippen LogP contribution in [0.2, 0.25) is 0 Å². The van der Waals surface area contributed by atoms with Crippen LogP contribution in [0.3, 0.4) is 0 Å². The molecule has 21 heavy (non-hydrogen) atoms. The van der Waals surface area contributed by atoms with Gasteiger partial charge < -0.3 is 15.0 Å².